The van der Waals surface area contributed by atoms with Gasteiger partial charge >= 0.3 is 0 Å². The SMILES string of the molecule is CC(Cl)(C#N)CC1CCC1. The lowest BCUT2D eigenvalue weighted by Gasteiger charge is -2.28. The molecular weight excluding hydrogens is 146 g/mol. The number of hydrogen-bond donors (Lipinski definition) is 0. The van der Waals surface area contributed by atoms with Crippen molar-refractivity contribution in [3.05, 3.63) is 0 Å². The number of nitrogens with zero attached hydrogens (tertiary/aromatic N) is 1. The average molecular weight is 158 g/mol. The highest BCUT2D eigenvalue weighted by atomic mass is 35.5. The number of alkyl halides is 1. The van der Waals surface area contributed by atoms with Gasteiger partial charge in [0.1, 0.15) is 4.87 Å². The standard InChI is InChI=1S/C8H12ClN/c1-8(9,6-10)5-7-3-2-4-7/h7H,2-5H2,1H3. The van der Waals surface area contributed by atoms with Gasteiger partial charge in [-0.3, -0.25) is 0 Å². The summed E-state index contributed by atoms with van der Waals surface area (Å²) in [6, 6.07) is 2.11. The van der Waals surface area contributed by atoms with Gasteiger partial charge in [0.05, 0.1) is 6.07 Å². The summed E-state index contributed by atoms with van der Waals surface area (Å²) in [7, 11) is 0. The van der Waals surface area contributed by atoms with Crippen LogP contribution in [0.25, 0.3) is 0 Å². The van der Waals surface area contributed by atoms with Crippen molar-refractivity contribution >= 4 is 11.6 Å². The Balaban J connectivity index is 2.30. The van der Waals surface area contributed by atoms with E-state index in [-0.39, 0.29) is 0 Å². The van der Waals surface area contributed by atoms with E-state index in [4.69, 9.17) is 16.9 Å². The molecule has 2 heteroatoms. The van der Waals surface area contributed by atoms with E-state index in [1.54, 1.807) is 6.92 Å². The van der Waals surface area contributed by atoms with Crippen molar-refractivity contribution in [3.63, 3.8) is 0 Å². The minimum absolute atomic E-state index is 0.606. The van der Waals surface area contributed by atoms with Crippen LogP contribution >= 0.6 is 11.6 Å². The molecule has 0 aromatic carbocycles. The first-order valence-electron chi connectivity index (χ1n) is 3.74. The van der Waals surface area contributed by atoms with Gasteiger partial charge in [-0.05, 0) is 19.3 Å². The average Bonchev–Trinajstić information content (AvgIpc) is 1.80. The molecule has 1 saturated carbocycles. The molecule has 0 aromatic rings. The second-order valence-corrected chi connectivity index (χ2v) is 4.14. The van der Waals surface area contributed by atoms with E-state index in [1.165, 1.54) is 19.3 Å². The Morgan fingerprint density at radius 1 is 1.70 bits per heavy atom. The van der Waals surface area contributed by atoms with E-state index in [0.717, 1.165) is 12.3 Å². The van der Waals surface area contributed by atoms with Crippen LogP contribution in [0.5, 0.6) is 0 Å². The van der Waals surface area contributed by atoms with Gasteiger partial charge in [0, 0.05) is 0 Å². The maximum Gasteiger partial charge on any atom is 0.128 e. The van der Waals surface area contributed by atoms with Gasteiger partial charge in [0.2, 0.25) is 0 Å². The summed E-state index contributed by atoms with van der Waals surface area (Å²) >= 11 is 5.87. The molecule has 0 aromatic heterocycles. The first-order chi connectivity index (χ1) is 4.64. The van der Waals surface area contributed by atoms with Crippen LogP contribution in [0.4, 0.5) is 0 Å². The van der Waals surface area contributed by atoms with E-state index in [1.807, 2.05) is 0 Å². The van der Waals surface area contributed by atoms with Crippen molar-refractivity contribution in [2.75, 3.05) is 0 Å². The molecule has 0 heterocycles. The molecule has 1 unspecified atom stereocenters. The Hall–Kier alpha value is -0.220. The molecule has 1 atom stereocenters. The van der Waals surface area contributed by atoms with Crippen LogP contribution in [-0.4, -0.2) is 4.87 Å². The molecule has 1 fully saturated rings. The van der Waals surface area contributed by atoms with E-state index in [2.05, 4.69) is 6.07 Å². The third kappa shape index (κ3) is 1.88. The highest BCUT2D eigenvalue weighted by Gasteiger charge is 2.28. The number of rotatable bonds is 2. The number of halogens is 1. The number of hydrogen-bond acceptors (Lipinski definition) is 1. The van der Waals surface area contributed by atoms with E-state index in [9.17, 15) is 0 Å². The molecule has 10 heavy (non-hydrogen) atoms. The molecule has 0 N–H and O–H groups in total. The monoisotopic (exact) mass is 157 g/mol. The van der Waals surface area contributed by atoms with Gasteiger partial charge in [0.15, 0.2) is 0 Å². The fraction of sp³-hybridized carbons (Fsp3) is 0.875. The van der Waals surface area contributed by atoms with Crippen molar-refractivity contribution in [1.29, 1.82) is 5.26 Å². The highest BCUT2D eigenvalue weighted by Crippen LogP contribution is 2.35. The lowest BCUT2D eigenvalue weighted by molar-refractivity contribution is 0.282. The first-order valence-corrected chi connectivity index (χ1v) is 4.12. The fourth-order valence-electron chi connectivity index (χ4n) is 1.28. The van der Waals surface area contributed by atoms with Gasteiger partial charge in [-0.15, -0.1) is 11.6 Å². The predicted octanol–water partition coefficient (Wildman–Crippen LogP) is 2.70. The van der Waals surface area contributed by atoms with E-state index in [0.29, 0.717) is 0 Å². The molecule has 1 nitrogen and oxygen atoms in total. The van der Waals surface area contributed by atoms with Gasteiger partial charge in [-0.2, -0.15) is 5.26 Å². The summed E-state index contributed by atoms with van der Waals surface area (Å²) < 4.78 is 0. The minimum Gasteiger partial charge on any atom is -0.196 e. The molecule has 0 bridgehead atoms. The quantitative estimate of drug-likeness (QED) is 0.566. The molecule has 0 spiro atoms. The van der Waals surface area contributed by atoms with Gasteiger partial charge in [-0.1, -0.05) is 19.3 Å². The second kappa shape index (κ2) is 2.80. The zero-order chi connectivity index (χ0) is 7.61. The Morgan fingerprint density at radius 3 is 2.60 bits per heavy atom. The zero-order valence-electron chi connectivity index (χ0n) is 6.23. The first kappa shape index (κ1) is 7.88. The normalized spacial score (nSPS) is 24.5. The topological polar surface area (TPSA) is 23.8 Å². The molecule has 1 rings (SSSR count). The van der Waals surface area contributed by atoms with E-state index < -0.39 is 4.87 Å². The fourth-order valence-corrected chi connectivity index (χ4v) is 1.50. The minimum atomic E-state index is -0.606. The summed E-state index contributed by atoms with van der Waals surface area (Å²) in [4.78, 5) is -0.606. The Morgan fingerprint density at radius 2 is 2.30 bits per heavy atom. The Labute approximate surface area is 67.0 Å². The van der Waals surface area contributed by atoms with Crippen LogP contribution in [-0.2, 0) is 0 Å². The van der Waals surface area contributed by atoms with Gasteiger partial charge < -0.3 is 0 Å². The van der Waals surface area contributed by atoms with Crippen molar-refractivity contribution in [3.8, 4) is 6.07 Å². The van der Waals surface area contributed by atoms with Gasteiger partial charge in [0.25, 0.3) is 0 Å². The van der Waals surface area contributed by atoms with Crippen LogP contribution in [0.2, 0.25) is 0 Å². The van der Waals surface area contributed by atoms with Crippen molar-refractivity contribution in [2.24, 2.45) is 5.92 Å². The molecule has 1 aliphatic rings. The molecule has 1 aliphatic carbocycles. The summed E-state index contributed by atoms with van der Waals surface area (Å²) in [5.41, 5.74) is 0. The van der Waals surface area contributed by atoms with Crippen LogP contribution < -0.4 is 0 Å². The van der Waals surface area contributed by atoms with Crippen LogP contribution in [0.1, 0.15) is 32.6 Å². The lowest BCUT2D eigenvalue weighted by atomic mass is 9.79. The summed E-state index contributed by atoms with van der Waals surface area (Å²) in [5.74, 6) is 0.724. The molecule has 0 saturated heterocycles. The predicted molar refractivity (Wildman–Crippen MR) is 41.8 cm³/mol. The molecule has 0 amide bonds. The zero-order valence-corrected chi connectivity index (χ0v) is 6.99. The summed E-state index contributed by atoms with van der Waals surface area (Å²) in [6.45, 7) is 1.80. The van der Waals surface area contributed by atoms with Gasteiger partial charge in [-0.25, -0.2) is 0 Å². The Kier molecular flexibility index (Phi) is 2.21. The smallest absolute Gasteiger partial charge is 0.128 e. The molecule has 0 radical (unpaired) electrons. The summed E-state index contributed by atoms with van der Waals surface area (Å²) in [6.07, 6.45) is 4.72. The second-order valence-electron chi connectivity index (χ2n) is 3.31. The summed E-state index contributed by atoms with van der Waals surface area (Å²) in [5, 5.41) is 8.58. The van der Waals surface area contributed by atoms with Crippen LogP contribution in [0, 0.1) is 17.2 Å². The van der Waals surface area contributed by atoms with E-state index >= 15 is 0 Å². The van der Waals surface area contributed by atoms with Crippen molar-refractivity contribution in [2.45, 2.75) is 37.5 Å². The molecule has 0 aliphatic heterocycles. The molecular formula is C8H12ClN. The van der Waals surface area contributed by atoms with Crippen molar-refractivity contribution in [1.82, 2.24) is 0 Å². The lowest BCUT2D eigenvalue weighted by Crippen LogP contribution is -2.23. The maximum atomic E-state index is 8.58. The number of nitriles is 1. The van der Waals surface area contributed by atoms with Crippen molar-refractivity contribution < 1.29 is 0 Å². The van der Waals surface area contributed by atoms with Crippen LogP contribution in [0.15, 0.2) is 0 Å². The molecule has 56 valence electrons. The maximum absolute atomic E-state index is 8.58. The largest absolute Gasteiger partial charge is 0.196 e. The highest BCUT2D eigenvalue weighted by molar-refractivity contribution is 6.25. The third-order valence-electron chi connectivity index (χ3n) is 2.13. The Bertz CT molecular complexity index is 153. The van der Waals surface area contributed by atoms with Crippen LogP contribution in [0.3, 0.4) is 0 Å². The third-order valence-corrected chi connectivity index (χ3v) is 2.37.